The van der Waals surface area contributed by atoms with Crippen molar-refractivity contribution in [3.63, 3.8) is 0 Å². The van der Waals surface area contributed by atoms with E-state index in [1.807, 2.05) is 36.4 Å². The fourth-order valence-corrected chi connectivity index (χ4v) is 3.13. The van der Waals surface area contributed by atoms with Crippen LogP contribution in [-0.4, -0.2) is 5.11 Å². The zero-order valence-corrected chi connectivity index (χ0v) is 11.0. The molecule has 0 fully saturated rings. The number of hydrogen-bond donors (Lipinski definition) is 1. The highest BCUT2D eigenvalue weighted by atomic mass is 16.3. The van der Waals surface area contributed by atoms with Gasteiger partial charge in [0.05, 0.1) is 27.7 Å². The summed E-state index contributed by atoms with van der Waals surface area (Å²) in [5, 5.41) is 14.3. The summed E-state index contributed by atoms with van der Waals surface area (Å²) in [5.41, 5.74) is 3.57. The third kappa shape index (κ3) is 1.32. The Bertz CT molecular complexity index is 1150. The summed E-state index contributed by atoms with van der Waals surface area (Å²) in [6, 6.07) is 17.6. The van der Waals surface area contributed by atoms with Gasteiger partial charge >= 0.3 is 0 Å². The van der Waals surface area contributed by atoms with E-state index in [2.05, 4.69) is 22.1 Å². The molecule has 1 N–H and O–H groups in total. The van der Waals surface area contributed by atoms with Crippen molar-refractivity contribution < 1.29 is 5.11 Å². The van der Waals surface area contributed by atoms with Gasteiger partial charge in [0.25, 0.3) is 0 Å². The summed E-state index contributed by atoms with van der Waals surface area (Å²) in [5.74, 6) is 0.276. The molecule has 0 radical (unpaired) electrons. The fourth-order valence-electron chi connectivity index (χ4n) is 3.13. The first kappa shape index (κ1) is 10.8. The average Bonchev–Trinajstić information content (AvgIpc) is 3.02. The first-order chi connectivity index (χ1) is 10.3. The topological polar surface area (TPSA) is 45.0 Å². The van der Waals surface area contributed by atoms with E-state index in [-0.39, 0.29) is 5.75 Å². The largest absolute Gasteiger partial charge is 0.507 e. The van der Waals surface area contributed by atoms with Crippen molar-refractivity contribution >= 4 is 11.4 Å². The summed E-state index contributed by atoms with van der Waals surface area (Å²) >= 11 is 0. The maximum Gasteiger partial charge on any atom is 0.125 e. The Morgan fingerprint density at radius 1 is 0.714 bits per heavy atom. The highest BCUT2D eigenvalue weighted by molar-refractivity contribution is 5.84. The predicted octanol–water partition coefficient (Wildman–Crippen LogP) is 2.88. The van der Waals surface area contributed by atoms with Gasteiger partial charge in [-0.25, -0.2) is 9.98 Å². The van der Waals surface area contributed by atoms with E-state index in [0.29, 0.717) is 0 Å². The third-order valence-corrected chi connectivity index (χ3v) is 4.08. The van der Waals surface area contributed by atoms with Gasteiger partial charge in [-0.1, -0.05) is 24.3 Å². The van der Waals surface area contributed by atoms with E-state index in [9.17, 15) is 5.11 Å². The highest BCUT2D eigenvalue weighted by Crippen LogP contribution is 2.40. The summed E-state index contributed by atoms with van der Waals surface area (Å²) in [6.45, 7) is 0. The van der Waals surface area contributed by atoms with Gasteiger partial charge in [-0.05, 0) is 30.3 Å². The molecule has 0 saturated carbocycles. The molecule has 2 heterocycles. The maximum atomic E-state index is 10.1. The number of phenolic OH excluding ortho intramolecular Hbond substituents is 1. The van der Waals surface area contributed by atoms with E-state index in [0.717, 1.165) is 43.7 Å². The molecule has 5 rings (SSSR count). The van der Waals surface area contributed by atoms with Gasteiger partial charge < -0.3 is 5.11 Å². The highest BCUT2D eigenvalue weighted by Gasteiger charge is 2.19. The Labute approximate surface area is 119 Å². The summed E-state index contributed by atoms with van der Waals surface area (Å²) < 4.78 is 0. The number of fused-ring (bicyclic) bond motifs is 5. The number of hydrogen-bond acceptors (Lipinski definition) is 3. The smallest absolute Gasteiger partial charge is 0.125 e. The Kier molecular flexibility index (Phi) is 1.84. The number of phenols is 1. The van der Waals surface area contributed by atoms with Gasteiger partial charge in [0, 0.05) is 16.0 Å². The lowest BCUT2D eigenvalue weighted by atomic mass is 10.0. The standard InChI is InChI=1S/C18H10N2O/c21-17-7-3-6-14-18(17)12-8-11-10-4-1-2-5-13(10)19-15(11)9-16(12)20-14/h1-9,21H. The summed E-state index contributed by atoms with van der Waals surface area (Å²) in [6.07, 6.45) is 0. The van der Waals surface area contributed by atoms with E-state index in [1.165, 1.54) is 0 Å². The second-order valence-electron chi connectivity index (χ2n) is 5.30. The molecule has 2 aliphatic heterocycles. The SMILES string of the molecule is Oc1cccc2c1-c1cc3c(cc1=N2)N=c1ccccc1=3. The minimum absolute atomic E-state index is 0.276. The lowest BCUT2D eigenvalue weighted by Gasteiger charge is -2.02. The van der Waals surface area contributed by atoms with Crippen LogP contribution < -0.4 is 10.7 Å². The van der Waals surface area contributed by atoms with Crippen LogP contribution in [0.3, 0.4) is 0 Å². The molecule has 0 aromatic heterocycles. The molecular weight excluding hydrogens is 260 g/mol. The molecule has 0 bridgehead atoms. The van der Waals surface area contributed by atoms with Crippen molar-refractivity contribution in [3.05, 3.63) is 75.7 Å². The molecule has 21 heavy (non-hydrogen) atoms. The normalized spacial score (nSPS) is 12.8. The maximum absolute atomic E-state index is 10.1. The third-order valence-electron chi connectivity index (χ3n) is 4.08. The van der Waals surface area contributed by atoms with Crippen molar-refractivity contribution in [2.24, 2.45) is 9.98 Å². The lowest BCUT2D eigenvalue weighted by Crippen LogP contribution is -1.99. The molecule has 0 atom stereocenters. The Balaban J connectivity index is 1.98. The van der Waals surface area contributed by atoms with E-state index < -0.39 is 0 Å². The predicted molar refractivity (Wildman–Crippen MR) is 79.3 cm³/mol. The van der Waals surface area contributed by atoms with Crippen molar-refractivity contribution in [1.29, 1.82) is 0 Å². The van der Waals surface area contributed by atoms with Crippen LogP contribution in [0.5, 0.6) is 5.75 Å². The zero-order chi connectivity index (χ0) is 14.0. The Morgan fingerprint density at radius 3 is 2.52 bits per heavy atom. The first-order valence-electron chi connectivity index (χ1n) is 6.84. The van der Waals surface area contributed by atoms with Gasteiger partial charge in [0.15, 0.2) is 0 Å². The second kappa shape index (κ2) is 3.58. The molecule has 3 heteroatoms. The average molecular weight is 270 g/mol. The quantitative estimate of drug-likeness (QED) is 0.462. The van der Waals surface area contributed by atoms with Crippen LogP contribution in [0, 0.1) is 10.4 Å². The Hall–Kier alpha value is -2.94. The van der Waals surface area contributed by atoms with Crippen LogP contribution >= 0.6 is 0 Å². The molecule has 3 aromatic rings. The summed E-state index contributed by atoms with van der Waals surface area (Å²) in [4.78, 5) is 9.25. The van der Waals surface area contributed by atoms with Crippen molar-refractivity contribution in [2.45, 2.75) is 0 Å². The molecule has 98 valence electrons. The number of rotatable bonds is 0. The van der Waals surface area contributed by atoms with E-state index in [1.54, 1.807) is 6.07 Å². The number of aromatic hydroxyl groups is 1. The molecular formula is C18H10N2O. The Morgan fingerprint density at radius 2 is 1.57 bits per heavy atom. The first-order valence-corrected chi connectivity index (χ1v) is 6.84. The van der Waals surface area contributed by atoms with Crippen molar-refractivity contribution in [2.75, 3.05) is 0 Å². The molecule has 0 saturated heterocycles. The number of para-hydroxylation sites is 1. The molecule has 0 spiro atoms. The van der Waals surface area contributed by atoms with Crippen LogP contribution in [0.1, 0.15) is 0 Å². The minimum atomic E-state index is 0.276. The van der Waals surface area contributed by atoms with Crippen LogP contribution in [0.4, 0.5) is 11.4 Å². The van der Waals surface area contributed by atoms with Gasteiger partial charge in [-0.15, -0.1) is 0 Å². The molecule has 3 aromatic carbocycles. The van der Waals surface area contributed by atoms with E-state index in [4.69, 9.17) is 0 Å². The van der Waals surface area contributed by atoms with Crippen LogP contribution in [0.2, 0.25) is 0 Å². The van der Waals surface area contributed by atoms with Gasteiger partial charge in [0.2, 0.25) is 0 Å². The van der Waals surface area contributed by atoms with Crippen molar-refractivity contribution in [3.8, 4) is 16.9 Å². The molecule has 0 unspecified atom stereocenters. The van der Waals surface area contributed by atoms with E-state index >= 15 is 0 Å². The fraction of sp³-hybridized carbons (Fsp3) is 0. The van der Waals surface area contributed by atoms with Crippen LogP contribution in [0.15, 0.2) is 64.6 Å². The number of benzene rings is 3. The van der Waals surface area contributed by atoms with Gasteiger partial charge in [-0.3, -0.25) is 0 Å². The summed E-state index contributed by atoms with van der Waals surface area (Å²) in [7, 11) is 0. The monoisotopic (exact) mass is 270 g/mol. The number of nitrogens with zero attached hydrogens (tertiary/aromatic N) is 2. The molecule has 3 nitrogen and oxygen atoms in total. The van der Waals surface area contributed by atoms with Gasteiger partial charge in [-0.2, -0.15) is 0 Å². The lowest BCUT2D eigenvalue weighted by molar-refractivity contribution is 0.477. The van der Waals surface area contributed by atoms with Gasteiger partial charge in [0.1, 0.15) is 5.75 Å². The van der Waals surface area contributed by atoms with Crippen LogP contribution in [-0.2, 0) is 0 Å². The second-order valence-corrected chi connectivity index (χ2v) is 5.30. The molecule has 2 aliphatic rings. The van der Waals surface area contributed by atoms with Crippen LogP contribution in [0.25, 0.3) is 11.1 Å². The molecule has 0 amide bonds. The molecule has 0 aliphatic carbocycles. The van der Waals surface area contributed by atoms with Crippen molar-refractivity contribution in [1.82, 2.24) is 0 Å². The minimum Gasteiger partial charge on any atom is -0.507 e. The zero-order valence-electron chi connectivity index (χ0n) is 11.0.